The second kappa shape index (κ2) is 8.60. The first-order valence-corrected chi connectivity index (χ1v) is 9.11. The summed E-state index contributed by atoms with van der Waals surface area (Å²) < 4.78 is 10.6. The van der Waals surface area contributed by atoms with Crippen LogP contribution >= 0.6 is 0 Å². The molecule has 156 valence electrons. The van der Waals surface area contributed by atoms with Gasteiger partial charge in [0.25, 0.3) is 17.5 Å². The van der Waals surface area contributed by atoms with E-state index in [2.05, 4.69) is 5.32 Å². The van der Waals surface area contributed by atoms with E-state index in [1.165, 1.54) is 18.0 Å². The van der Waals surface area contributed by atoms with Gasteiger partial charge in [0.05, 0.1) is 29.3 Å². The summed E-state index contributed by atoms with van der Waals surface area (Å²) in [5, 5.41) is 13.8. The molecule has 0 radical (unpaired) electrons. The second-order valence-electron chi connectivity index (χ2n) is 6.35. The first kappa shape index (κ1) is 20.8. The predicted octanol–water partition coefficient (Wildman–Crippen LogP) is 1.93. The lowest BCUT2D eigenvalue weighted by molar-refractivity contribution is -0.384. The third-order valence-corrected chi connectivity index (χ3v) is 4.44. The van der Waals surface area contributed by atoms with Crippen molar-refractivity contribution in [3.63, 3.8) is 0 Å². The van der Waals surface area contributed by atoms with Crippen molar-refractivity contribution in [2.75, 3.05) is 25.1 Å². The zero-order valence-corrected chi connectivity index (χ0v) is 16.3. The van der Waals surface area contributed by atoms with E-state index in [1.807, 2.05) is 0 Å². The van der Waals surface area contributed by atoms with Crippen LogP contribution in [-0.2, 0) is 9.53 Å². The SMILES string of the molecule is CCOC(=O)c1cc(C(=O)N2C[C@H](C(=O)NC)Oc3ccccc32)cc([N+](=O)[O-])c1. The topological polar surface area (TPSA) is 128 Å². The molecule has 2 aromatic carbocycles. The van der Waals surface area contributed by atoms with Crippen LogP contribution in [0.25, 0.3) is 0 Å². The highest BCUT2D eigenvalue weighted by atomic mass is 16.6. The lowest BCUT2D eigenvalue weighted by atomic mass is 10.1. The number of non-ortho nitro benzene ring substituents is 1. The Kier molecular flexibility index (Phi) is 5.95. The van der Waals surface area contributed by atoms with Crippen molar-refractivity contribution in [1.82, 2.24) is 5.32 Å². The van der Waals surface area contributed by atoms with Crippen molar-refractivity contribution in [1.29, 1.82) is 0 Å². The minimum Gasteiger partial charge on any atom is -0.477 e. The molecule has 0 saturated carbocycles. The van der Waals surface area contributed by atoms with Crippen LogP contribution in [0.5, 0.6) is 5.75 Å². The minimum atomic E-state index is -0.961. The van der Waals surface area contributed by atoms with Crippen molar-refractivity contribution < 1.29 is 28.8 Å². The van der Waals surface area contributed by atoms with Gasteiger partial charge in [0.15, 0.2) is 6.10 Å². The normalized spacial score (nSPS) is 14.9. The monoisotopic (exact) mass is 413 g/mol. The van der Waals surface area contributed by atoms with Crippen LogP contribution in [0.1, 0.15) is 27.6 Å². The molecule has 0 spiro atoms. The number of rotatable bonds is 5. The number of anilines is 1. The molecule has 10 nitrogen and oxygen atoms in total. The van der Waals surface area contributed by atoms with Gasteiger partial charge in [-0.2, -0.15) is 0 Å². The second-order valence-corrected chi connectivity index (χ2v) is 6.35. The number of carbonyl (C=O) groups is 3. The first-order valence-electron chi connectivity index (χ1n) is 9.11. The maximum atomic E-state index is 13.3. The van der Waals surface area contributed by atoms with E-state index in [1.54, 1.807) is 31.2 Å². The van der Waals surface area contributed by atoms with Gasteiger partial charge < -0.3 is 19.7 Å². The number of nitro groups is 1. The maximum absolute atomic E-state index is 13.3. The summed E-state index contributed by atoms with van der Waals surface area (Å²) in [5.41, 5.74) is -0.210. The fourth-order valence-electron chi connectivity index (χ4n) is 3.05. The van der Waals surface area contributed by atoms with Crippen LogP contribution in [0.2, 0.25) is 0 Å². The number of amides is 2. The summed E-state index contributed by atoms with van der Waals surface area (Å²) in [7, 11) is 1.45. The van der Waals surface area contributed by atoms with E-state index >= 15 is 0 Å². The molecule has 0 fully saturated rings. The average molecular weight is 413 g/mol. The Hall–Kier alpha value is -3.95. The van der Waals surface area contributed by atoms with E-state index in [4.69, 9.17) is 9.47 Å². The van der Waals surface area contributed by atoms with Gasteiger partial charge in [0.2, 0.25) is 0 Å². The molecule has 3 rings (SSSR count). The van der Waals surface area contributed by atoms with Gasteiger partial charge in [0.1, 0.15) is 5.75 Å². The highest BCUT2D eigenvalue weighted by molar-refractivity contribution is 6.09. The van der Waals surface area contributed by atoms with Gasteiger partial charge in [-0.15, -0.1) is 0 Å². The Morgan fingerprint density at radius 2 is 1.93 bits per heavy atom. The molecule has 0 aromatic heterocycles. The van der Waals surface area contributed by atoms with Gasteiger partial charge in [-0.1, -0.05) is 12.1 Å². The Morgan fingerprint density at radius 1 is 1.23 bits per heavy atom. The Morgan fingerprint density at radius 3 is 2.60 bits per heavy atom. The van der Waals surface area contributed by atoms with Crippen molar-refractivity contribution in [2.24, 2.45) is 0 Å². The number of hydrogen-bond acceptors (Lipinski definition) is 7. The van der Waals surface area contributed by atoms with Gasteiger partial charge in [-0.05, 0) is 25.1 Å². The van der Waals surface area contributed by atoms with Crippen LogP contribution in [0, 0.1) is 10.1 Å². The largest absolute Gasteiger partial charge is 0.477 e. The molecule has 10 heteroatoms. The van der Waals surface area contributed by atoms with Crippen LogP contribution < -0.4 is 15.0 Å². The molecule has 0 saturated heterocycles. The summed E-state index contributed by atoms with van der Waals surface area (Å²) in [4.78, 5) is 49.4. The fourth-order valence-corrected chi connectivity index (χ4v) is 3.05. The number of ether oxygens (including phenoxy) is 2. The predicted molar refractivity (Wildman–Crippen MR) is 106 cm³/mol. The maximum Gasteiger partial charge on any atom is 0.338 e. The summed E-state index contributed by atoms with van der Waals surface area (Å²) in [5.74, 6) is -1.50. The summed E-state index contributed by atoms with van der Waals surface area (Å²) in [6, 6.07) is 10.0. The van der Waals surface area contributed by atoms with E-state index in [0.29, 0.717) is 11.4 Å². The van der Waals surface area contributed by atoms with Gasteiger partial charge in [0, 0.05) is 24.7 Å². The molecule has 1 aliphatic rings. The van der Waals surface area contributed by atoms with Crippen molar-refractivity contribution in [3.05, 3.63) is 63.7 Å². The number of likely N-dealkylation sites (N-methyl/N-ethyl adjacent to an activating group) is 1. The first-order chi connectivity index (χ1) is 14.3. The molecule has 1 N–H and O–H groups in total. The zero-order chi connectivity index (χ0) is 21.8. The number of esters is 1. The van der Waals surface area contributed by atoms with Gasteiger partial charge in [-0.25, -0.2) is 4.79 Å². The molecule has 1 atom stereocenters. The van der Waals surface area contributed by atoms with Crippen LogP contribution in [0.4, 0.5) is 11.4 Å². The Balaban J connectivity index is 2.05. The third kappa shape index (κ3) is 4.07. The molecule has 0 unspecified atom stereocenters. The number of nitrogens with one attached hydrogen (secondary N) is 1. The number of para-hydroxylation sites is 2. The number of nitro benzene ring substituents is 1. The highest BCUT2D eigenvalue weighted by Crippen LogP contribution is 2.34. The number of carbonyl (C=O) groups excluding carboxylic acids is 3. The summed E-state index contributed by atoms with van der Waals surface area (Å²) in [6.45, 7) is 1.58. The number of nitrogens with zero attached hydrogens (tertiary/aromatic N) is 2. The molecule has 1 aliphatic heterocycles. The number of benzene rings is 2. The molecule has 0 bridgehead atoms. The standard InChI is InChI=1S/C20H19N3O7/c1-3-29-20(26)13-8-12(9-14(10-13)23(27)28)19(25)22-11-17(18(24)21-2)30-16-7-5-4-6-15(16)22/h4-10,17H,3,11H2,1-2H3,(H,21,24)/t17-/m1/s1. The van der Waals surface area contributed by atoms with Crippen LogP contribution in [0.15, 0.2) is 42.5 Å². The van der Waals surface area contributed by atoms with E-state index in [0.717, 1.165) is 12.1 Å². The lowest BCUT2D eigenvalue weighted by Crippen LogP contribution is -2.50. The third-order valence-electron chi connectivity index (χ3n) is 4.44. The van der Waals surface area contributed by atoms with Gasteiger partial charge >= 0.3 is 5.97 Å². The van der Waals surface area contributed by atoms with E-state index in [-0.39, 0.29) is 24.3 Å². The van der Waals surface area contributed by atoms with Gasteiger partial charge in [-0.3, -0.25) is 19.7 Å². The molecule has 1 heterocycles. The Labute approximate surface area is 171 Å². The molecular formula is C20H19N3O7. The van der Waals surface area contributed by atoms with E-state index in [9.17, 15) is 24.5 Å². The number of hydrogen-bond donors (Lipinski definition) is 1. The molecule has 2 amide bonds. The quantitative estimate of drug-likeness (QED) is 0.450. The molecule has 30 heavy (non-hydrogen) atoms. The minimum absolute atomic E-state index is 0.0788. The smallest absolute Gasteiger partial charge is 0.338 e. The van der Waals surface area contributed by atoms with Crippen LogP contribution in [0.3, 0.4) is 0 Å². The van der Waals surface area contributed by atoms with Crippen molar-refractivity contribution >= 4 is 29.2 Å². The van der Waals surface area contributed by atoms with Crippen molar-refractivity contribution in [2.45, 2.75) is 13.0 Å². The molecular weight excluding hydrogens is 394 g/mol. The summed E-state index contributed by atoms with van der Waals surface area (Å²) >= 11 is 0. The van der Waals surface area contributed by atoms with Crippen molar-refractivity contribution in [3.8, 4) is 5.75 Å². The molecule has 0 aliphatic carbocycles. The highest BCUT2D eigenvalue weighted by Gasteiger charge is 2.34. The fraction of sp³-hybridized carbons (Fsp3) is 0.250. The summed E-state index contributed by atoms with van der Waals surface area (Å²) in [6.07, 6.45) is -0.961. The Bertz CT molecular complexity index is 1020. The zero-order valence-electron chi connectivity index (χ0n) is 16.3. The lowest BCUT2D eigenvalue weighted by Gasteiger charge is -2.34. The molecule has 2 aromatic rings. The number of fused-ring (bicyclic) bond motifs is 1. The average Bonchev–Trinajstić information content (AvgIpc) is 2.77. The van der Waals surface area contributed by atoms with E-state index < -0.39 is 34.5 Å². The van der Waals surface area contributed by atoms with Crippen LogP contribution in [-0.4, -0.2) is 49.0 Å².